The maximum atomic E-state index is 12.4. The van der Waals surface area contributed by atoms with Crippen molar-refractivity contribution in [1.82, 2.24) is 10.4 Å². The molecular weight excluding hydrogens is 310 g/mol. The average molecular weight is 331 g/mol. The number of carbonyl (C=O) groups excluding carboxylic acids is 3. The van der Waals surface area contributed by atoms with Gasteiger partial charge in [0.15, 0.2) is 0 Å². The van der Waals surface area contributed by atoms with E-state index < -0.39 is 11.8 Å². The molecule has 0 radical (unpaired) electrons. The molecule has 0 aliphatic carbocycles. The normalized spacial score (nSPS) is 14.5. The number of amides is 2. The van der Waals surface area contributed by atoms with Gasteiger partial charge in [0.1, 0.15) is 5.78 Å². The quantitative estimate of drug-likeness (QED) is 0.429. The minimum absolute atomic E-state index is 0.0189. The first-order chi connectivity index (χ1) is 11.3. The van der Waals surface area contributed by atoms with Gasteiger partial charge >= 0.3 is 0 Å². The summed E-state index contributed by atoms with van der Waals surface area (Å²) in [6.07, 6.45) is 0.618. The summed E-state index contributed by atoms with van der Waals surface area (Å²) >= 11 is 0. The molecule has 128 valence electrons. The molecule has 2 rings (SSSR count). The molecule has 0 saturated heterocycles. The third-order valence-electron chi connectivity index (χ3n) is 4.33. The number of carbonyl (C=O) groups is 3. The zero-order valence-electron chi connectivity index (χ0n) is 13.8. The van der Waals surface area contributed by atoms with Gasteiger partial charge in [-0.05, 0) is 43.5 Å². The smallest absolute Gasteiger partial charge is 0.274 e. The van der Waals surface area contributed by atoms with E-state index in [1.807, 2.05) is 0 Å². The zero-order chi connectivity index (χ0) is 17.9. The van der Waals surface area contributed by atoms with Crippen molar-refractivity contribution in [2.45, 2.75) is 33.2 Å². The van der Waals surface area contributed by atoms with Gasteiger partial charge in [0, 0.05) is 30.8 Å². The molecule has 1 aliphatic heterocycles. The molecule has 0 spiro atoms. The fraction of sp³-hybridized carbons (Fsp3) is 0.412. The van der Waals surface area contributed by atoms with Crippen LogP contribution in [0.5, 0.6) is 0 Å². The van der Waals surface area contributed by atoms with E-state index in [4.69, 9.17) is 10.6 Å². The number of nitrogens with one attached hydrogen (secondary N) is 2. The molecule has 1 aliphatic rings. The fourth-order valence-corrected chi connectivity index (χ4v) is 2.88. The van der Waals surface area contributed by atoms with Crippen molar-refractivity contribution >= 4 is 23.3 Å². The lowest BCUT2D eigenvalue weighted by Crippen LogP contribution is -2.38. The second-order valence-electron chi connectivity index (χ2n) is 6.04. The van der Waals surface area contributed by atoms with Crippen LogP contribution in [0.3, 0.4) is 0 Å². The van der Waals surface area contributed by atoms with Crippen LogP contribution in [0.25, 0.3) is 0 Å². The molecule has 1 aromatic rings. The van der Waals surface area contributed by atoms with Crippen molar-refractivity contribution in [1.29, 1.82) is 5.41 Å². The minimum Gasteiger partial charge on any atom is -0.338 e. The van der Waals surface area contributed by atoms with E-state index in [9.17, 15) is 14.4 Å². The Morgan fingerprint density at radius 2 is 2.00 bits per heavy atom. The Morgan fingerprint density at radius 1 is 1.29 bits per heavy atom. The van der Waals surface area contributed by atoms with Crippen LogP contribution < -0.4 is 5.48 Å². The van der Waals surface area contributed by atoms with Crippen molar-refractivity contribution in [3.63, 3.8) is 0 Å². The van der Waals surface area contributed by atoms with Crippen molar-refractivity contribution in [2.24, 2.45) is 5.92 Å². The van der Waals surface area contributed by atoms with Crippen molar-refractivity contribution in [2.75, 3.05) is 6.54 Å². The maximum Gasteiger partial charge on any atom is 0.274 e. The van der Waals surface area contributed by atoms with Crippen LogP contribution in [0.1, 0.15) is 41.8 Å². The minimum atomic E-state index is -0.658. The molecule has 7 nitrogen and oxygen atoms in total. The molecule has 1 unspecified atom stereocenters. The number of nitrogens with zero attached hydrogens (tertiary/aromatic N) is 1. The Bertz CT molecular complexity index is 685. The van der Waals surface area contributed by atoms with E-state index >= 15 is 0 Å². The molecule has 1 aromatic carbocycles. The van der Waals surface area contributed by atoms with Gasteiger partial charge in [0.05, 0.1) is 5.92 Å². The van der Waals surface area contributed by atoms with Crippen molar-refractivity contribution in [3.8, 4) is 0 Å². The van der Waals surface area contributed by atoms with E-state index in [1.165, 1.54) is 6.92 Å². The van der Waals surface area contributed by atoms with E-state index in [1.54, 1.807) is 35.5 Å². The summed E-state index contributed by atoms with van der Waals surface area (Å²) < 4.78 is 0. The molecule has 0 saturated carbocycles. The SMILES string of the molecule is CC(=N)C(CC(=O)N1CCc2cc(C(=O)NO)ccc2C1)C(C)=O. The highest BCUT2D eigenvalue weighted by molar-refractivity contribution is 6.04. The number of ketones is 1. The molecular formula is C17H21N3O4. The summed E-state index contributed by atoms with van der Waals surface area (Å²) in [4.78, 5) is 37.1. The number of hydrogen-bond donors (Lipinski definition) is 3. The lowest BCUT2D eigenvalue weighted by atomic mass is 9.93. The zero-order valence-corrected chi connectivity index (χ0v) is 13.8. The maximum absolute atomic E-state index is 12.4. The number of rotatable bonds is 5. The van der Waals surface area contributed by atoms with Crippen LogP contribution in [0.15, 0.2) is 18.2 Å². The van der Waals surface area contributed by atoms with Gasteiger partial charge in [-0.25, -0.2) is 5.48 Å². The van der Waals surface area contributed by atoms with Gasteiger partial charge in [-0.2, -0.15) is 0 Å². The van der Waals surface area contributed by atoms with E-state index in [-0.39, 0.29) is 23.8 Å². The standard InChI is InChI=1S/C17H21N3O4/c1-10(18)15(11(2)21)8-16(22)20-6-5-12-7-13(17(23)19-24)3-4-14(12)9-20/h3-4,7,15,18,24H,5-6,8-9H2,1-2H3,(H,19,23). The lowest BCUT2D eigenvalue weighted by Gasteiger charge is -2.30. The van der Waals surface area contributed by atoms with Gasteiger partial charge in [-0.15, -0.1) is 0 Å². The Balaban J connectivity index is 2.09. The van der Waals surface area contributed by atoms with Gasteiger partial charge in [-0.1, -0.05) is 6.07 Å². The second kappa shape index (κ2) is 7.35. The molecule has 24 heavy (non-hydrogen) atoms. The summed E-state index contributed by atoms with van der Waals surface area (Å²) in [5.41, 5.74) is 4.08. The molecule has 3 N–H and O–H groups in total. The van der Waals surface area contributed by atoms with Gasteiger partial charge < -0.3 is 10.3 Å². The molecule has 7 heteroatoms. The number of Topliss-reactive ketones (excluding diaryl/α,β-unsaturated/α-hetero) is 1. The first kappa shape index (κ1) is 17.8. The Kier molecular flexibility index (Phi) is 5.46. The molecule has 1 atom stereocenters. The molecule has 0 fully saturated rings. The molecule has 0 bridgehead atoms. The molecule has 1 heterocycles. The summed E-state index contributed by atoms with van der Waals surface area (Å²) in [5.74, 6) is -1.55. The van der Waals surface area contributed by atoms with Crippen LogP contribution in [-0.4, -0.2) is 40.0 Å². The summed E-state index contributed by atoms with van der Waals surface area (Å²) in [6, 6.07) is 5.07. The average Bonchev–Trinajstić information content (AvgIpc) is 2.57. The largest absolute Gasteiger partial charge is 0.338 e. The first-order valence-electron chi connectivity index (χ1n) is 7.73. The van der Waals surface area contributed by atoms with Crippen LogP contribution in [0.2, 0.25) is 0 Å². The number of benzene rings is 1. The third kappa shape index (κ3) is 3.86. The third-order valence-corrected chi connectivity index (χ3v) is 4.33. The highest BCUT2D eigenvalue weighted by atomic mass is 16.5. The topological polar surface area (TPSA) is 111 Å². The summed E-state index contributed by atoms with van der Waals surface area (Å²) in [6.45, 7) is 3.85. The van der Waals surface area contributed by atoms with Crippen molar-refractivity contribution < 1.29 is 19.6 Å². The first-order valence-corrected chi connectivity index (χ1v) is 7.73. The fourth-order valence-electron chi connectivity index (χ4n) is 2.88. The van der Waals surface area contributed by atoms with Crippen LogP contribution >= 0.6 is 0 Å². The predicted octanol–water partition coefficient (Wildman–Crippen LogP) is 1.33. The highest BCUT2D eigenvalue weighted by Gasteiger charge is 2.26. The van der Waals surface area contributed by atoms with Crippen molar-refractivity contribution in [3.05, 3.63) is 34.9 Å². The van der Waals surface area contributed by atoms with Gasteiger partial charge in [0.25, 0.3) is 5.91 Å². The molecule has 0 aromatic heterocycles. The Morgan fingerprint density at radius 3 is 2.58 bits per heavy atom. The number of fused-ring (bicyclic) bond motifs is 1. The summed E-state index contributed by atoms with van der Waals surface area (Å²) in [5, 5.41) is 16.3. The number of hydrogen-bond acceptors (Lipinski definition) is 5. The van der Waals surface area contributed by atoms with Crippen LogP contribution in [0, 0.1) is 11.3 Å². The molecule has 2 amide bonds. The number of hydroxylamine groups is 1. The van der Waals surface area contributed by atoms with Gasteiger partial charge in [-0.3, -0.25) is 19.6 Å². The Hall–Kier alpha value is -2.54. The Labute approximate surface area is 140 Å². The van der Waals surface area contributed by atoms with Crippen LogP contribution in [0.4, 0.5) is 0 Å². The van der Waals surface area contributed by atoms with Crippen LogP contribution in [-0.2, 0) is 22.6 Å². The van der Waals surface area contributed by atoms with E-state index in [2.05, 4.69) is 0 Å². The second-order valence-corrected chi connectivity index (χ2v) is 6.04. The van der Waals surface area contributed by atoms with E-state index in [0.717, 1.165) is 11.1 Å². The monoisotopic (exact) mass is 331 g/mol. The predicted molar refractivity (Wildman–Crippen MR) is 87.0 cm³/mol. The summed E-state index contributed by atoms with van der Waals surface area (Å²) in [7, 11) is 0. The van der Waals surface area contributed by atoms with E-state index in [0.29, 0.717) is 25.1 Å². The van der Waals surface area contributed by atoms with Gasteiger partial charge in [0.2, 0.25) is 5.91 Å². The lowest BCUT2D eigenvalue weighted by molar-refractivity contribution is -0.134. The highest BCUT2D eigenvalue weighted by Crippen LogP contribution is 2.22.